The van der Waals surface area contributed by atoms with Crippen LogP contribution in [0.1, 0.15) is 18.3 Å². The Hall–Kier alpha value is -2.94. The van der Waals surface area contributed by atoms with Crippen LogP contribution >= 0.6 is 0 Å². The highest BCUT2D eigenvalue weighted by Gasteiger charge is 2.28. The molecule has 0 saturated carbocycles. The maximum atomic E-state index is 10.7. The minimum absolute atomic E-state index is 0.144. The Morgan fingerprint density at radius 1 is 1.22 bits per heavy atom. The molecule has 4 N–H and O–H groups in total. The van der Waals surface area contributed by atoms with Gasteiger partial charge in [0.15, 0.2) is 11.8 Å². The maximum Gasteiger partial charge on any atom is 0.292 e. The normalized spacial score (nSPS) is 19.3. The van der Waals surface area contributed by atoms with Gasteiger partial charge in [0.2, 0.25) is 0 Å². The second-order valence-corrected chi connectivity index (χ2v) is 6.87. The molecular weight excluding hydrogens is 346 g/mol. The second kappa shape index (κ2) is 6.05. The van der Waals surface area contributed by atoms with Gasteiger partial charge in [0.1, 0.15) is 11.2 Å². The van der Waals surface area contributed by atoms with E-state index in [1.54, 1.807) is 6.20 Å². The van der Waals surface area contributed by atoms with Crippen molar-refractivity contribution >= 4 is 22.8 Å². The summed E-state index contributed by atoms with van der Waals surface area (Å²) in [6.45, 7) is 1.11. The van der Waals surface area contributed by atoms with Gasteiger partial charge < -0.3 is 20.4 Å². The lowest BCUT2D eigenvalue weighted by molar-refractivity contribution is 0.00650. The predicted molar refractivity (Wildman–Crippen MR) is 99.8 cm³/mol. The van der Waals surface area contributed by atoms with Crippen LogP contribution in [0.2, 0.25) is 0 Å². The quantitative estimate of drug-likeness (QED) is 0.507. The minimum atomic E-state index is -0.815. The third-order valence-electron chi connectivity index (χ3n) is 5.08. The largest absolute Gasteiger partial charge is 0.424 e. The Morgan fingerprint density at radius 2 is 2.07 bits per heavy atom. The summed E-state index contributed by atoms with van der Waals surface area (Å²) in [4.78, 5) is 10.4. The van der Waals surface area contributed by atoms with Crippen molar-refractivity contribution in [2.45, 2.75) is 18.8 Å². The standard InChI is InChI=1S/C19H19N5O3/c20-19-22-14-7-11(1-3-16(14)27-19)12-2-4-17-21-8-15(24(17)9-12)18(26)23-6-5-13(25)10-23/h1-4,7-9,13,18,25-26H,5-6,10H2,(H2,20,22)/t13-,18?/m1/s1. The molecule has 0 spiro atoms. The van der Waals surface area contributed by atoms with Gasteiger partial charge in [0.25, 0.3) is 6.01 Å². The number of nitrogens with zero attached hydrogens (tertiary/aromatic N) is 4. The molecule has 1 aliphatic heterocycles. The van der Waals surface area contributed by atoms with E-state index < -0.39 is 12.3 Å². The molecule has 27 heavy (non-hydrogen) atoms. The number of likely N-dealkylation sites (tertiary alicyclic amines) is 1. The fraction of sp³-hybridized carbons (Fsp3) is 0.263. The number of aliphatic hydroxyl groups excluding tert-OH is 2. The number of rotatable bonds is 3. The molecule has 138 valence electrons. The molecule has 1 aliphatic rings. The van der Waals surface area contributed by atoms with E-state index in [-0.39, 0.29) is 6.01 Å². The van der Waals surface area contributed by atoms with Crippen molar-refractivity contribution in [2.24, 2.45) is 0 Å². The van der Waals surface area contributed by atoms with E-state index in [0.717, 1.165) is 16.8 Å². The van der Waals surface area contributed by atoms with Gasteiger partial charge in [0.05, 0.1) is 18.0 Å². The van der Waals surface area contributed by atoms with Gasteiger partial charge in [-0.1, -0.05) is 6.07 Å². The molecule has 8 nitrogen and oxygen atoms in total. The van der Waals surface area contributed by atoms with Crippen molar-refractivity contribution in [3.63, 3.8) is 0 Å². The van der Waals surface area contributed by atoms with E-state index in [4.69, 9.17) is 10.2 Å². The van der Waals surface area contributed by atoms with Crippen LogP contribution in [0.15, 0.2) is 47.1 Å². The Bertz CT molecular complexity index is 1130. The number of imidazole rings is 1. The first kappa shape index (κ1) is 16.2. The third kappa shape index (κ3) is 2.74. The Labute approximate surface area is 154 Å². The van der Waals surface area contributed by atoms with Crippen molar-refractivity contribution in [1.29, 1.82) is 0 Å². The number of nitrogen functional groups attached to an aromatic ring is 1. The highest BCUT2D eigenvalue weighted by Crippen LogP contribution is 2.28. The first-order chi connectivity index (χ1) is 13.1. The number of nitrogens with two attached hydrogens (primary N) is 1. The number of hydrogen-bond donors (Lipinski definition) is 3. The van der Waals surface area contributed by atoms with Crippen LogP contribution < -0.4 is 5.73 Å². The molecule has 1 saturated heterocycles. The number of aromatic nitrogens is 3. The van der Waals surface area contributed by atoms with Gasteiger partial charge in [-0.25, -0.2) is 4.98 Å². The summed E-state index contributed by atoms with van der Waals surface area (Å²) in [7, 11) is 0. The smallest absolute Gasteiger partial charge is 0.292 e. The molecule has 0 radical (unpaired) electrons. The predicted octanol–water partition coefficient (Wildman–Crippen LogP) is 1.78. The van der Waals surface area contributed by atoms with E-state index in [0.29, 0.717) is 36.3 Å². The summed E-state index contributed by atoms with van der Waals surface area (Å²) in [5, 5.41) is 20.5. The van der Waals surface area contributed by atoms with Crippen LogP contribution in [-0.2, 0) is 0 Å². The number of hydrogen-bond acceptors (Lipinski definition) is 7. The molecule has 0 bridgehead atoms. The van der Waals surface area contributed by atoms with Gasteiger partial charge >= 0.3 is 0 Å². The van der Waals surface area contributed by atoms with Crippen LogP contribution in [0.3, 0.4) is 0 Å². The van der Waals surface area contributed by atoms with Gasteiger partial charge in [0, 0.05) is 19.3 Å². The molecule has 5 rings (SSSR count). The minimum Gasteiger partial charge on any atom is -0.424 e. The van der Waals surface area contributed by atoms with Crippen LogP contribution in [0.4, 0.5) is 6.01 Å². The number of fused-ring (bicyclic) bond motifs is 2. The van der Waals surface area contributed by atoms with Crippen molar-refractivity contribution in [3.8, 4) is 11.1 Å². The lowest BCUT2D eigenvalue weighted by atomic mass is 10.1. The van der Waals surface area contributed by atoms with E-state index in [2.05, 4.69) is 9.97 Å². The zero-order valence-electron chi connectivity index (χ0n) is 14.5. The summed E-state index contributed by atoms with van der Waals surface area (Å²) in [5.74, 6) is 0. The van der Waals surface area contributed by atoms with Crippen LogP contribution in [0.5, 0.6) is 0 Å². The lowest BCUT2D eigenvalue weighted by Crippen LogP contribution is -2.28. The van der Waals surface area contributed by atoms with Gasteiger partial charge in [-0.2, -0.15) is 4.98 Å². The molecule has 0 amide bonds. The van der Waals surface area contributed by atoms with E-state index in [9.17, 15) is 10.2 Å². The summed E-state index contributed by atoms with van der Waals surface area (Å²) < 4.78 is 7.21. The molecule has 1 fully saturated rings. The Balaban J connectivity index is 1.55. The first-order valence-electron chi connectivity index (χ1n) is 8.82. The summed E-state index contributed by atoms with van der Waals surface area (Å²) in [6, 6.07) is 9.73. The number of benzene rings is 1. The maximum absolute atomic E-state index is 10.7. The molecule has 2 atom stereocenters. The average Bonchev–Trinajstić information content (AvgIpc) is 3.36. The lowest BCUT2D eigenvalue weighted by Gasteiger charge is -2.22. The van der Waals surface area contributed by atoms with Crippen LogP contribution in [-0.4, -0.2) is 48.7 Å². The van der Waals surface area contributed by atoms with Gasteiger partial charge in [-0.05, 0) is 41.8 Å². The van der Waals surface area contributed by atoms with Crippen molar-refractivity contribution < 1.29 is 14.6 Å². The molecule has 4 heterocycles. The van der Waals surface area contributed by atoms with Crippen molar-refractivity contribution in [2.75, 3.05) is 18.8 Å². The molecular formula is C19H19N5O3. The van der Waals surface area contributed by atoms with E-state index >= 15 is 0 Å². The second-order valence-electron chi connectivity index (χ2n) is 6.87. The van der Waals surface area contributed by atoms with Crippen LogP contribution in [0, 0.1) is 0 Å². The topological polar surface area (TPSA) is 113 Å². The Morgan fingerprint density at radius 3 is 2.89 bits per heavy atom. The first-order valence-corrected chi connectivity index (χ1v) is 8.82. The zero-order valence-corrected chi connectivity index (χ0v) is 14.5. The number of β-amino-alcohol motifs (C(OH)–C–C–N with tert-alkyl or cyclic N) is 1. The monoisotopic (exact) mass is 365 g/mol. The molecule has 1 aromatic carbocycles. The molecule has 8 heteroatoms. The zero-order chi connectivity index (χ0) is 18.5. The van der Waals surface area contributed by atoms with E-state index in [1.165, 1.54) is 0 Å². The number of oxazole rings is 1. The number of pyridine rings is 1. The molecule has 1 unspecified atom stereocenters. The fourth-order valence-corrected chi connectivity index (χ4v) is 3.66. The Kier molecular flexibility index (Phi) is 3.64. The molecule has 3 aromatic heterocycles. The summed E-state index contributed by atoms with van der Waals surface area (Å²) in [5.41, 5.74) is 10.3. The fourth-order valence-electron chi connectivity index (χ4n) is 3.66. The highest BCUT2D eigenvalue weighted by atomic mass is 16.4. The third-order valence-corrected chi connectivity index (χ3v) is 5.08. The molecule has 4 aromatic rings. The number of aliphatic hydroxyl groups is 2. The number of anilines is 1. The van der Waals surface area contributed by atoms with Crippen molar-refractivity contribution in [3.05, 3.63) is 48.4 Å². The van der Waals surface area contributed by atoms with Gasteiger partial charge in [-0.3, -0.25) is 9.30 Å². The van der Waals surface area contributed by atoms with E-state index in [1.807, 2.05) is 45.8 Å². The molecule has 0 aliphatic carbocycles. The van der Waals surface area contributed by atoms with Crippen molar-refractivity contribution in [1.82, 2.24) is 19.3 Å². The summed E-state index contributed by atoms with van der Waals surface area (Å²) >= 11 is 0. The van der Waals surface area contributed by atoms with Crippen LogP contribution in [0.25, 0.3) is 27.9 Å². The average molecular weight is 365 g/mol. The highest BCUT2D eigenvalue weighted by molar-refractivity contribution is 5.81. The SMILES string of the molecule is Nc1nc2cc(-c3ccc4ncc(C(O)N5CC[C@@H](O)C5)n4c3)ccc2o1. The van der Waals surface area contributed by atoms with Gasteiger partial charge in [-0.15, -0.1) is 0 Å². The summed E-state index contributed by atoms with van der Waals surface area (Å²) in [6.07, 6.45) is 3.08.